The third-order valence-electron chi connectivity index (χ3n) is 3.08. The summed E-state index contributed by atoms with van der Waals surface area (Å²) >= 11 is 3.33. The minimum Gasteiger partial charge on any atom is -0.460 e. The molecular formula is C11H14BrNO2. The minimum absolute atomic E-state index is 0.112. The summed E-state index contributed by atoms with van der Waals surface area (Å²) < 4.78 is 5.98. The summed E-state index contributed by atoms with van der Waals surface area (Å²) in [6.45, 7) is 3.83. The Bertz CT molecular complexity index is 366. The molecule has 3 nitrogen and oxygen atoms in total. The first-order valence-electron chi connectivity index (χ1n) is 5.12. The average Bonchev–Trinajstić information content (AvgIpc) is 2.64. The lowest BCUT2D eigenvalue weighted by molar-refractivity contribution is 0.0730. The number of nitrogens with one attached hydrogen (secondary N) is 1. The Labute approximate surface area is 97.4 Å². The van der Waals surface area contributed by atoms with Gasteiger partial charge in [0.25, 0.3) is 0 Å². The van der Waals surface area contributed by atoms with Gasteiger partial charge in [-0.2, -0.15) is 0 Å². The molecule has 1 aromatic rings. The zero-order valence-corrected chi connectivity index (χ0v) is 10.3. The van der Waals surface area contributed by atoms with Crippen molar-refractivity contribution in [2.45, 2.75) is 19.8 Å². The lowest BCUT2D eigenvalue weighted by atomic mass is 9.76. The normalized spacial score (nSPS) is 20.1. The predicted octanol–water partition coefficient (Wildman–Crippen LogP) is 2.61. The maximum absolute atomic E-state index is 12.3. The number of piperidine rings is 1. The van der Waals surface area contributed by atoms with Gasteiger partial charge in [-0.05, 0) is 47.9 Å². The summed E-state index contributed by atoms with van der Waals surface area (Å²) in [6.07, 6.45) is 3.29. The predicted molar refractivity (Wildman–Crippen MR) is 60.9 cm³/mol. The van der Waals surface area contributed by atoms with E-state index in [1.165, 1.54) is 0 Å². The summed E-state index contributed by atoms with van der Waals surface area (Å²) in [5.74, 6) is 0.570. The summed E-state index contributed by atoms with van der Waals surface area (Å²) in [6, 6.07) is 1.76. The number of ketones is 1. The second kappa shape index (κ2) is 4.10. The van der Waals surface area contributed by atoms with Crippen LogP contribution < -0.4 is 5.32 Å². The molecule has 2 heterocycles. The zero-order valence-electron chi connectivity index (χ0n) is 8.68. The standard InChI is InChI=1S/C11H14BrNO2/c1-11(3-5-13-6-4-11)10(14)9-8(12)2-7-15-9/h2,7,13H,3-6H2,1H3. The van der Waals surface area contributed by atoms with Gasteiger partial charge in [-0.15, -0.1) is 0 Å². The molecule has 1 aromatic heterocycles. The number of halogens is 1. The van der Waals surface area contributed by atoms with Crippen molar-refractivity contribution in [2.75, 3.05) is 13.1 Å². The van der Waals surface area contributed by atoms with Crippen LogP contribution in [0.1, 0.15) is 30.3 Å². The molecule has 0 unspecified atom stereocenters. The molecule has 1 aliphatic heterocycles. The van der Waals surface area contributed by atoms with Crippen molar-refractivity contribution in [1.29, 1.82) is 0 Å². The smallest absolute Gasteiger partial charge is 0.205 e. The summed E-state index contributed by atoms with van der Waals surface area (Å²) in [4.78, 5) is 12.3. The number of carbonyl (C=O) groups is 1. The van der Waals surface area contributed by atoms with E-state index in [4.69, 9.17) is 4.42 Å². The molecule has 1 aliphatic rings. The van der Waals surface area contributed by atoms with Crippen LogP contribution in [0.2, 0.25) is 0 Å². The van der Waals surface area contributed by atoms with Crippen LogP contribution in [-0.4, -0.2) is 18.9 Å². The molecular weight excluding hydrogens is 258 g/mol. The highest BCUT2D eigenvalue weighted by Crippen LogP contribution is 2.34. The highest BCUT2D eigenvalue weighted by atomic mass is 79.9. The first-order valence-corrected chi connectivity index (χ1v) is 5.91. The van der Waals surface area contributed by atoms with E-state index in [-0.39, 0.29) is 11.2 Å². The van der Waals surface area contributed by atoms with E-state index in [2.05, 4.69) is 21.2 Å². The van der Waals surface area contributed by atoms with E-state index < -0.39 is 0 Å². The summed E-state index contributed by atoms with van der Waals surface area (Å²) in [5, 5.41) is 3.26. The SMILES string of the molecule is CC1(C(=O)c2occc2Br)CCNCC1. The Morgan fingerprint density at radius 2 is 2.20 bits per heavy atom. The lowest BCUT2D eigenvalue weighted by Crippen LogP contribution is -2.40. The highest BCUT2D eigenvalue weighted by molar-refractivity contribution is 9.10. The van der Waals surface area contributed by atoms with Crippen LogP contribution in [0, 0.1) is 5.41 Å². The molecule has 1 saturated heterocycles. The molecule has 0 aliphatic carbocycles. The topological polar surface area (TPSA) is 42.2 Å². The van der Waals surface area contributed by atoms with E-state index in [9.17, 15) is 4.79 Å². The molecule has 0 spiro atoms. The van der Waals surface area contributed by atoms with Crippen molar-refractivity contribution in [3.05, 3.63) is 22.6 Å². The van der Waals surface area contributed by atoms with Crippen molar-refractivity contribution in [3.8, 4) is 0 Å². The van der Waals surface area contributed by atoms with Gasteiger partial charge in [0.1, 0.15) is 0 Å². The monoisotopic (exact) mass is 271 g/mol. The largest absolute Gasteiger partial charge is 0.460 e. The quantitative estimate of drug-likeness (QED) is 0.841. The fourth-order valence-electron chi connectivity index (χ4n) is 1.94. The Morgan fingerprint density at radius 1 is 1.53 bits per heavy atom. The molecule has 2 rings (SSSR count). The van der Waals surface area contributed by atoms with E-state index in [0.717, 1.165) is 30.4 Å². The fourth-order valence-corrected chi connectivity index (χ4v) is 2.32. The first-order chi connectivity index (χ1) is 7.13. The Kier molecular flexibility index (Phi) is 2.98. The second-order valence-corrected chi connectivity index (χ2v) is 5.09. The van der Waals surface area contributed by atoms with Crippen molar-refractivity contribution >= 4 is 21.7 Å². The van der Waals surface area contributed by atoms with Crippen LogP contribution in [0.15, 0.2) is 21.2 Å². The third-order valence-corrected chi connectivity index (χ3v) is 3.70. The van der Waals surface area contributed by atoms with E-state index in [1.54, 1.807) is 12.3 Å². The third kappa shape index (κ3) is 2.01. The van der Waals surface area contributed by atoms with Gasteiger partial charge in [-0.3, -0.25) is 4.79 Å². The van der Waals surface area contributed by atoms with Gasteiger partial charge >= 0.3 is 0 Å². The van der Waals surface area contributed by atoms with Gasteiger partial charge in [0.15, 0.2) is 5.76 Å². The Morgan fingerprint density at radius 3 is 2.73 bits per heavy atom. The van der Waals surface area contributed by atoms with Crippen LogP contribution in [0.4, 0.5) is 0 Å². The minimum atomic E-state index is -0.272. The molecule has 0 amide bonds. The molecule has 15 heavy (non-hydrogen) atoms. The fraction of sp³-hybridized carbons (Fsp3) is 0.545. The van der Waals surface area contributed by atoms with Crippen molar-refractivity contribution in [3.63, 3.8) is 0 Å². The molecule has 0 radical (unpaired) electrons. The number of hydrogen-bond donors (Lipinski definition) is 1. The molecule has 1 N–H and O–H groups in total. The Balaban J connectivity index is 2.23. The van der Waals surface area contributed by atoms with Crippen molar-refractivity contribution < 1.29 is 9.21 Å². The molecule has 0 bridgehead atoms. The van der Waals surface area contributed by atoms with E-state index in [1.807, 2.05) is 6.92 Å². The van der Waals surface area contributed by atoms with E-state index >= 15 is 0 Å². The molecule has 1 fully saturated rings. The van der Waals surface area contributed by atoms with Gasteiger partial charge in [0.05, 0.1) is 10.7 Å². The number of Topliss-reactive ketones (excluding diaryl/α,β-unsaturated/α-hetero) is 1. The molecule has 82 valence electrons. The lowest BCUT2D eigenvalue weighted by Gasteiger charge is -2.31. The number of furan rings is 1. The summed E-state index contributed by atoms with van der Waals surface area (Å²) in [7, 11) is 0. The molecule has 0 atom stereocenters. The van der Waals surface area contributed by atoms with Crippen LogP contribution in [-0.2, 0) is 0 Å². The maximum Gasteiger partial charge on any atom is 0.205 e. The highest BCUT2D eigenvalue weighted by Gasteiger charge is 2.37. The zero-order chi connectivity index (χ0) is 10.9. The van der Waals surface area contributed by atoms with Gasteiger partial charge in [-0.25, -0.2) is 0 Å². The Hall–Kier alpha value is -0.610. The molecule has 4 heteroatoms. The van der Waals surface area contributed by atoms with Crippen LogP contribution in [0.3, 0.4) is 0 Å². The second-order valence-electron chi connectivity index (χ2n) is 4.24. The van der Waals surface area contributed by atoms with Crippen LogP contribution >= 0.6 is 15.9 Å². The molecule has 0 saturated carbocycles. The van der Waals surface area contributed by atoms with Crippen LogP contribution in [0.5, 0.6) is 0 Å². The average molecular weight is 272 g/mol. The number of hydrogen-bond acceptors (Lipinski definition) is 3. The number of rotatable bonds is 2. The molecule has 0 aromatic carbocycles. The van der Waals surface area contributed by atoms with Crippen molar-refractivity contribution in [2.24, 2.45) is 5.41 Å². The maximum atomic E-state index is 12.3. The first kappa shape index (κ1) is 10.9. The van der Waals surface area contributed by atoms with Crippen molar-refractivity contribution in [1.82, 2.24) is 5.32 Å². The van der Waals surface area contributed by atoms with Gasteiger partial charge in [0, 0.05) is 5.41 Å². The number of carbonyl (C=O) groups excluding carboxylic acids is 1. The van der Waals surface area contributed by atoms with Gasteiger partial charge < -0.3 is 9.73 Å². The van der Waals surface area contributed by atoms with Gasteiger partial charge in [0.2, 0.25) is 5.78 Å². The summed E-state index contributed by atoms with van der Waals surface area (Å²) in [5.41, 5.74) is -0.272. The van der Waals surface area contributed by atoms with Crippen LogP contribution in [0.25, 0.3) is 0 Å². The van der Waals surface area contributed by atoms with Gasteiger partial charge in [-0.1, -0.05) is 6.92 Å². The van der Waals surface area contributed by atoms with E-state index in [0.29, 0.717) is 5.76 Å².